The number of fused-ring (bicyclic) bond motifs is 1. The Morgan fingerprint density at radius 1 is 1.23 bits per heavy atom. The van der Waals surface area contributed by atoms with E-state index >= 15 is 0 Å². The van der Waals surface area contributed by atoms with Crippen LogP contribution in [0.25, 0.3) is 22.0 Å². The summed E-state index contributed by atoms with van der Waals surface area (Å²) in [6.45, 7) is 4.04. The third-order valence-electron chi connectivity index (χ3n) is 4.15. The lowest BCUT2D eigenvalue weighted by atomic mass is 9.92. The molecule has 138 valence electrons. The zero-order valence-electron chi connectivity index (χ0n) is 15.0. The summed E-state index contributed by atoms with van der Waals surface area (Å²) >= 11 is 0. The summed E-state index contributed by atoms with van der Waals surface area (Å²) in [4.78, 5) is 27.6. The van der Waals surface area contributed by atoms with Crippen molar-refractivity contribution in [2.45, 2.75) is 25.6 Å². The van der Waals surface area contributed by atoms with Gasteiger partial charge in [-0.25, -0.2) is 17.8 Å². The van der Waals surface area contributed by atoms with Gasteiger partial charge in [0.15, 0.2) is 9.84 Å². The highest BCUT2D eigenvalue weighted by atomic mass is 32.2. The van der Waals surface area contributed by atoms with Crippen LogP contribution in [-0.4, -0.2) is 34.0 Å². The normalized spacial score (nSPS) is 12.2. The molecule has 0 amide bonds. The Balaban J connectivity index is 2.37. The molecule has 3 rings (SSSR count). The molecule has 26 heavy (non-hydrogen) atoms. The standard InChI is InChI=1S/C17H20N4O4S/c1-10(2)12-6-15-14(5-13(12)11-7-18-20(3)8-11)16(22)21(17(23)19-15)9-26(4,24)25/h5-8,10H,9H2,1-4H3,(H,19,23). The highest BCUT2D eigenvalue weighted by molar-refractivity contribution is 7.89. The van der Waals surface area contributed by atoms with E-state index in [1.807, 2.05) is 20.0 Å². The van der Waals surface area contributed by atoms with Crippen LogP contribution in [0.4, 0.5) is 0 Å². The van der Waals surface area contributed by atoms with Gasteiger partial charge in [-0.1, -0.05) is 13.8 Å². The number of rotatable bonds is 4. The molecular weight excluding hydrogens is 356 g/mol. The van der Waals surface area contributed by atoms with Gasteiger partial charge in [-0.2, -0.15) is 5.10 Å². The third-order valence-corrected chi connectivity index (χ3v) is 4.88. The van der Waals surface area contributed by atoms with Crippen LogP contribution in [0, 0.1) is 0 Å². The van der Waals surface area contributed by atoms with Crippen molar-refractivity contribution < 1.29 is 8.42 Å². The summed E-state index contributed by atoms with van der Waals surface area (Å²) in [5.41, 5.74) is 1.66. The molecule has 2 heterocycles. The number of nitrogens with one attached hydrogen (secondary N) is 1. The van der Waals surface area contributed by atoms with Crippen LogP contribution in [0.1, 0.15) is 25.3 Å². The van der Waals surface area contributed by atoms with Gasteiger partial charge in [-0.15, -0.1) is 0 Å². The molecule has 0 aliphatic heterocycles. The van der Waals surface area contributed by atoms with E-state index in [4.69, 9.17) is 0 Å². The molecule has 0 radical (unpaired) electrons. The van der Waals surface area contributed by atoms with E-state index in [2.05, 4.69) is 10.1 Å². The number of aromatic amines is 1. The number of benzene rings is 1. The molecule has 2 aromatic heterocycles. The monoisotopic (exact) mass is 376 g/mol. The highest BCUT2D eigenvalue weighted by Crippen LogP contribution is 2.31. The van der Waals surface area contributed by atoms with E-state index in [1.165, 1.54) is 0 Å². The summed E-state index contributed by atoms with van der Waals surface area (Å²) in [6, 6.07) is 3.47. The maximum Gasteiger partial charge on any atom is 0.329 e. The van der Waals surface area contributed by atoms with E-state index < -0.39 is 27.0 Å². The predicted molar refractivity (Wildman–Crippen MR) is 100.0 cm³/mol. The molecule has 9 heteroatoms. The Morgan fingerprint density at radius 3 is 2.46 bits per heavy atom. The zero-order valence-corrected chi connectivity index (χ0v) is 15.8. The van der Waals surface area contributed by atoms with Crippen molar-refractivity contribution in [2.75, 3.05) is 6.26 Å². The smallest absolute Gasteiger partial charge is 0.307 e. The van der Waals surface area contributed by atoms with Crippen LogP contribution in [-0.2, 0) is 22.8 Å². The van der Waals surface area contributed by atoms with Crippen LogP contribution >= 0.6 is 0 Å². The van der Waals surface area contributed by atoms with Crippen molar-refractivity contribution in [3.63, 3.8) is 0 Å². The Hall–Kier alpha value is -2.68. The first-order chi connectivity index (χ1) is 12.1. The third kappa shape index (κ3) is 3.34. The molecule has 0 fully saturated rings. The van der Waals surface area contributed by atoms with Gasteiger partial charge in [0.05, 0.1) is 17.1 Å². The fourth-order valence-electron chi connectivity index (χ4n) is 2.96. The average molecular weight is 376 g/mol. The number of aryl methyl sites for hydroxylation is 1. The minimum atomic E-state index is -3.54. The second kappa shape index (κ2) is 6.24. The van der Waals surface area contributed by atoms with Crippen molar-refractivity contribution in [1.82, 2.24) is 19.3 Å². The maximum atomic E-state index is 12.8. The molecule has 0 aliphatic carbocycles. The molecule has 8 nitrogen and oxygen atoms in total. The Bertz CT molecular complexity index is 1220. The predicted octanol–water partition coefficient (Wildman–Crippen LogP) is 1.22. The van der Waals surface area contributed by atoms with Crippen LogP contribution in [0.15, 0.2) is 34.1 Å². The van der Waals surface area contributed by atoms with Crippen molar-refractivity contribution in [3.8, 4) is 11.1 Å². The zero-order chi connectivity index (χ0) is 19.2. The van der Waals surface area contributed by atoms with Crippen molar-refractivity contribution in [1.29, 1.82) is 0 Å². The molecule has 0 saturated heterocycles. The summed E-state index contributed by atoms with van der Waals surface area (Å²) in [6.07, 6.45) is 4.52. The lowest BCUT2D eigenvalue weighted by Crippen LogP contribution is -2.37. The highest BCUT2D eigenvalue weighted by Gasteiger charge is 2.17. The number of H-pyrrole nitrogens is 1. The molecule has 1 aromatic carbocycles. The first-order valence-corrected chi connectivity index (χ1v) is 10.1. The Labute approximate surface area is 150 Å². The number of aromatic nitrogens is 4. The van der Waals surface area contributed by atoms with Gasteiger partial charge in [-0.05, 0) is 29.2 Å². The van der Waals surface area contributed by atoms with Crippen molar-refractivity contribution in [2.24, 2.45) is 7.05 Å². The molecule has 0 spiro atoms. The second-order valence-electron chi connectivity index (χ2n) is 6.76. The van der Waals surface area contributed by atoms with Crippen molar-refractivity contribution in [3.05, 3.63) is 50.9 Å². The number of hydrogen-bond acceptors (Lipinski definition) is 5. The van der Waals surface area contributed by atoms with Gasteiger partial charge < -0.3 is 4.98 Å². The van der Waals surface area contributed by atoms with Crippen LogP contribution in [0.3, 0.4) is 0 Å². The largest absolute Gasteiger partial charge is 0.329 e. The van der Waals surface area contributed by atoms with Crippen LogP contribution < -0.4 is 11.2 Å². The first kappa shape index (κ1) is 18.1. The minimum absolute atomic E-state index is 0.150. The van der Waals surface area contributed by atoms with E-state index in [0.717, 1.165) is 22.9 Å². The SMILES string of the molecule is CC(C)c1cc2[nH]c(=O)n(CS(C)(=O)=O)c(=O)c2cc1-c1cnn(C)c1. The van der Waals surface area contributed by atoms with Gasteiger partial charge in [-0.3, -0.25) is 9.48 Å². The van der Waals surface area contributed by atoms with E-state index in [1.54, 1.807) is 30.1 Å². The van der Waals surface area contributed by atoms with Gasteiger partial charge in [0.1, 0.15) is 5.88 Å². The number of hydrogen-bond donors (Lipinski definition) is 1. The minimum Gasteiger partial charge on any atom is -0.307 e. The van der Waals surface area contributed by atoms with Gasteiger partial charge in [0, 0.05) is 25.1 Å². The first-order valence-electron chi connectivity index (χ1n) is 8.04. The number of nitrogens with zero attached hydrogens (tertiary/aromatic N) is 3. The quantitative estimate of drug-likeness (QED) is 0.737. The molecule has 1 N–H and O–H groups in total. The summed E-state index contributed by atoms with van der Waals surface area (Å²) in [5.74, 6) is -0.512. The maximum absolute atomic E-state index is 12.8. The Morgan fingerprint density at radius 2 is 1.92 bits per heavy atom. The van der Waals surface area contributed by atoms with E-state index in [0.29, 0.717) is 10.1 Å². The summed E-state index contributed by atoms with van der Waals surface area (Å²) in [5, 5.41) is 4.43. The van der Waals surface area contributed by atoms with E-state index in [9.17, 15) is 18.0 Å². The summed E-state index contributed by atoms with van der Waals surface area (Å²) < 4.78 is 25.5. The van der Waals surface area contributed by atoms with Gasteiger partial charge >= 0.3 is 5.69 Å². The number of sulfone groups is 1. The average Bonchev–Trinajstić information content (AvgIpc) is 2.96. The molecule has 0 aliphatic rings. The molecule has 0 unspecified atom stereocenters. The molecule has 0 bridgehead atoms. The molecule has 0 atom stereocenters. The lowest BCUT2D eigenvalue weighted by molar-refractivity contribution is 0.584. The van der Waals surface area contributed by atoms with Crippen LogP contribution in [0.2, 0.25) is 0 Å². The fourth-order valence-corrected chi connectivity index (χ4v) is 3.66. The molecule has 3 aromatic rings. The fraction of sp³-hybridized carbons (Fsp3) is 0.353. The topological polar surface area (TPSA) is 107 Å². The lowest BCUT2D eigenvalue weighted by Gasteiger charge is -2.14. The van der Waals surface area contributed by atoms with Gasteiger partial charge in [0.25, 0.3) is 5.56 Å². The van der Waals surface area contributed by atoms with E-state index in [-0.39, 0.29) is 11.3 Å². The van der Waals surface area contributed by atoms with Gasteiger partial charge in [0.2, 0.25) is 0 Å². The molecular formula is C17H20N4O4S. The molecule has 0 saturated carbocycles. The van der Waals surface area contributed by atoms with Crippen LogP contribution in [0.5, 0.6) is 0 Å². The van der Waals surface area contributed by atoms with Crippen molar-refractivity contribution >= 4 is 20.7 Å². The summed E-state index contributed by atoms with van der Waals surface area (Å²) in [7, 11) is -1.74. The Kier molecular flexibility index (Phi) is 4.35. The second-order valence-corrected chi connectivity index (χ2v) is 8.87.